The van der Waals surface area contributed by atoms with Crippen molar-refractivity contribution in [3.05, 3.63) is 12.2 Å². The zero-order valence-electron chi connectivity index (χ0n) is 11.5. The molecule has 0 aliphatic heterocycles. The van der Waals surface area contributed by atoms with Gasteiger partial charge in [-0.1, -0.05) is 12.2 Å². The number of allylic oxidation sites excluding steroid dienone is 2. The predicted molar refractivity (Wildman–Crippen MR) is 73.2 cm³/mol. The maximum atomic E-state index is 5.93. The molecule has 2 unspecified atom stereocenters. The van der Waals surface area contributed by atoms with E-state index in [0.717, 1.165) is 25.2 Å². The van der Waals surface area contributed by atoms with Crippen LogP contribution < -0.4 is 0 Å². The van der Waals surface area contributed by atoms with Crippen LogP contribution in [-0.2, 0) is 8.85 Å². The third kappa shape index (κ3) is 3.01. The highest BCUT2D eigenvalue weighted by Crippen LogP contribution is 2.52. The van der Waals surface area contributed by atoms with Crippen LogP contribution >= 0.6 is 0 Å². The molecule has 2 rings (SSSR count). The van der Waals surface area contributed by atoms with Crippen molar-refractivity contribution in [3.8, 4) is 0 Å². The molecular formula is C14H26O2Si. The minimum absolute atomic E-state index is 0.507. The second-order valence-corrected chi connectivity index (χ2v) is 9.07. The largest absolute Gasteiger partial charge is 0.395 e. The van der Waals surface area contributed by atoms with Crippen LogP contribution in [0.15, 0.2) is 12.2 Å². The Kier molecular flexibility index (Phi) is 4.11. The van der Waals surface area contributed by atoms with Crippen LogP contribution in [-0.4, -0.2) is 21.8 Å². The highest BCUT2D eigenvalue weighted by Gasteiger charge is 2.43. The molecule has 3 heteroatoms. The molecule has 0 aromatic rings. The van der Waals surface area contributed by atoms with Gasteiger partial charge in [0.2, 0.25) is 0 Å². The molecule has 1 fully saturated rings. The standard InChI is InChI=1S/C14H26O2Si/c1-4-15-17(3,16-5-2)11-10-14-8-6-13(12-14)7-9-14/h6,8,13H,4-5,7,9-12H2,1-3H3. The molecule has 17 heavy (non-hydrogen) atoms. The van der Waals surface area contributed by atoms with Crippen LogP contribution in [0, 0.1) is 11.3 Å². The van der Waals surface area contributed by atoms with E-state index in [1.807, 2.05) is 0 Å². The van der Waals surface area contributed by atoms with Crippen molar-refractivity contribution in [1.29, 1.82) is 0 Å². The summed E-state index contributed by atoms with van der Waals surface area (Å²) in [6, 6.07) is 1.14. The first kappa shape index (κ1) is 13.3. The number of hydrogen-bond donors (Lipinski definition) is 0. The monoisotopic (exact) mass is 254 g/mol. The van der Waals surface area contributed by atoms with Gasteiger partial charge in [0.1, 0.15) is 0 Å². The van der Waals surface area contributed by atoms with Gasteiger partial charge in [-0.25, -0.2) is 0 Å². The fraction of sp³-hybridized carbons (Fsp3) is 0.857. The van der Waals surface area contributed by atoms with E-state index < -0.39 is 8.56 Å². The van der Waals surface area contributed by atoms with Crippen molar-refractivity contribution in [2.45, 2.75) is 52.1 Å². The lowest BCUT2D eigenvalue weighted by Gasteiger charge is -2.31. The zero-order valence-corrected chi connectivity index (χ0v) is 12.5. The third-order valence-electron chi connectivity index (χ3n) is 4.38. The predicted octanol–water partition coefficient (Wildman–Crippen LogP) is 3.88. The van der Waals surface area contributed by atoms with Gasteiger partial charge in [0.05, 0.1) is 0 Å². The van der Waals surface area contributed by atoms with Crippen LogP contribution in [0.5, 0.6) is 0 Å². The van der Waals surface area contributed by atoms with E-state index >= 15 is 0 Å². The Balaban J connectivity index is 1.89. The molecule has 0 aromatic carbocycles. The second-order valence-electron chi connectivity index (χ2n) is 5.72. The fourth-order valence-corrected chi connectivity index (χ4v) is 5.98. The molecule has 2 nitrogen and oxygen atoms in total. The van der Waals surface area contributed by atoms with Crippen molar-refractivity contribution in [2.24, 2.45) is 11.3 Å². The molecular weight excluding hydrogens is 228 g/mol. The summed E-state index contributed by atoms with van der Waals surface area (Å²) >= 11 is 0. The smallest absolute Gasteiger partial charge is 0.334 e. The lowest BCUT2D eigenvalue weighted by atomic mass is 9.85. The first-order valence-corrected chi connectivity index (χ1v) is 9.61. The molecule has 2 aliphatic rings. The number of hydrogen-bond acceptors (Lipinski definition) is 2. The van der Waals surface area contributed by atoms with E-state index in [-0.39, 0.29) is 0 Å². The van der Waals surface area contributed by atoms with Crippen molar-refractivity contribution in [3.63, 3.8) is 0 Å². The molecule has 1 saturated carbocycles. The Labute approximate surface area is 107 Å². The molecule has 98 valence electrons. The highest BCUT2D eigenvalue weighted by atomic mass is 28.4. The molecule has 0 amide bonds. The van der Waals surface area contributed by atoms with E-state index in [2.05, 4.69) is 32.5 Å². The molecule has 0 radical (unpaired) electrons. The van der Waals surface area contributed by atoms with Gasteiger partial charge in [0.25, 0.3) is 0 Å². The Morgan fingerprint density at radius 3 is 2.41 bits per heavy atom. The van der Waals surface area contributed by atoms with Gasteiger partial charge in [-0.3, -0.25) is 0 Å². The SMILES string of the molecule is CCO[Si](C)(CCC12C=CC(CC1)C2)OCC. The Morgan fingerprint density at radius 1 is 1.29 bits per heavy atom. The first-order chi connectivity index (χ1) is 8.11. The van der Waals surface area contributed by atoms with E-state index in [9.17, 15) is 0 Å². The summed E-state index contributed by atoms with van der Waals surface area (Å²) in [5.74, 6) is 0.877. The third-order valence-corrected chi connectivity index (χ3v) is 7.34. The number of fused-ring (bicyclic) bond motifs is 2. The van der Waals surface area contributed by atoms with Gasteiger partial charge >= 0.3 is 8.56 Å². The van der Waals surface area contributed by atoms with Crippen molar-refractivity contribution in [1.82, 2.24) is 0 Å². The van der Waals surface area contributed by atoms with Crippen molar-refractivity contribution >= 4 is 8.56 Å². The summed E-state index contributed by atoms with van der Waals surface area (Å²) in [5, 5.41) is 0. The zero-order chi connectivity index (χ0) is 12.4. The molecule has 2 bridgehead atoms. The average molecular weight is 254 g/mol. The highest BCUT2D eigenvalue weighted by molar-refractivity contribution is 6.66. The summed E-state index contributed by atoms with van der Waals surface area (Å²) < 4.78 is 11.9. The van der Waals surface area contributed by atoms with E-state index in [4.69, 9.17) is 8.85 Å². The topological polar surface area (TPSA) is 18.5 Å². The minimum atomic E-state index is -1.90. The van der Waals surface area contributed by atoms with Gasteiger partial charge in [-0.2, -0.15) is 0 Å². The Hall–Kier alpha value is -0.123. The summed E-state index contributed by atoms with van der Waals surface area (Å²) in [7, 11) is -1.90. The normalized spacial score (nSPS) is 31.4. The molecule has 0 N–H and O–H groups in total. The molecule has 0 spiro atoms. The first-order valence-electron chi connectivity index (χ1n) is 7.09. The number of rotatable bonds is 7. The maximum Gasteiger partial charge on any atom is 0.334 e. The Bertz CT molecular complexity index is 284. The lowest BCUT2D eigenvalue weighted by molar-refractivity contribution is 0.183. The van der Waals surface area contributed by atoms with Crippen LogP contribution in [0.1, 0.15) is 39.5 Å². The van der Waals surface area contributed by atoms with Crippen LogP contribution in [0.4, 0.5) is 0 Å². The summed E-state index contributed by atoms with van der Waals surface area (Å²) in [4.78, 5) is 0. The minimum Gasteiger partial charge on any atom is -0.395 e. The van der Waals surface area contributed by atoms with E-state index in [0.29, 0.717) is 5.41 Å². The van der Waals surface area contributed by atoms with Gasteiger partial charge in [-0.05, 0) is 63.5 Å². The summed E-state index contributed by atoms with van der Waals surface area (Å²) in [5.41, 5.74) is 0.507. The summed E-state index contributed by atoms with van der Waals surface area (Å²) in [6.45, 7) is 7.94. The van der Waals surface area contributed by atoms with Gasteiger partial charge in [0, 0.05) is 13.2 Å². The van der Waals surface area contributed by atoms with E-state index in [1.165, 1.54) is 25.7 Å². The molecule has 0 heterocycles. The quantitative estimate of drug-likeness (QED) is 0.507. The molecule has 2 aliphatic carbocycles. The van der Waals surface area contributed by atoms with Gasteiger partial charge in [0.15, 0.2) is 0 Å². The molecule has 0 saturated heterocycles. The van der Waals surface area contributed by atoms with Gasteiger partial charge < -0.3 is 8.85 Å². The van der Waals surface area contributed by atoms with Crippen LogP contribution in [0.25, 0.3) is 0 Å². The van der Waals surface area contributed by atoms with Crippen molar-refractivity contribution in [2.75, 3.05) is 13.2 Å². The Morgan fingerprint density at radius 2 is 2.00 bits per heavy atom. The van der Waals surface area contributed by atoms with Crippen molar-refractivity contribution < 1.29 is 8.85 Å². The summed E-state index contributed by atoms with van der Waals surface area (Å²) in [6.07, 6.45) is 10.4. The van der Waals surface area contributed by atoms with E-state index in [1.54, 1.807) is 0 Å². The maximum absolute atomic E-state index is 5.93. The molecule has 2 atom stereocenters. The lowest BCUT2D eigenvalue weighted by Crippen LogP contribution is -2.39. The molecule has 0 aromatic heterocycles. The second kappa shape index (κ2) is 5.25. The van der Waals surface area contributed by atoms with Crippen LogP contribution in [0.3, 0.4) is 0 Å². The van der Waals surface area contributed by atoms with Crippen LogP contribution in [0.2, 0.25) is 12.6 Å². The fourth-order valence-electron chi connectivity index (χ4n) is 3.44. The van der Waals surface area contributed by atoms with Gasteiger partial charge in [-0.15, -0.1) is 0 Å². The average Bonchev–Trinajstić information content (AvgIpc) is 2.88.